The molecule has 3 amide bonds. The van der Waals surface area contributed by atoms with Gasteiger partial charge in [0.25, 0.3) is 0 Å². The van der Waals surface area contributed by atoms with E-state index < -0.39 is 17.8 Å². The molecule has 0 aliphatic rings. The van der Waals surface area contributed by atoms with Crippen molar-refractivity contribution in [2.75, 3.05) is 21.1 Å². The predicted molar refractivity (Wildman–Crippen MR) is 65.2 cm³/mol. The highest BCUT2D eigenvalue weighted by molar-refractivity contribution is 5.86. The Kier molecular flexibility index (Phi) is 4.25. The van der Waals surface area contributed by atoms with Crippen LogP contribution in [0.2, 0.25) is 0 Å². The number of nitrogens with zero attached hydrogens (tertiary/aromatic N) is 2. The van der Waals surface area contributed by atoms with Crippen LogP contribution in [0.1, 0.15) is 11.6 Å². The summed E-state index contributed by atoms with van der Waals surface area (Å²) in [5, 5.41) is 0. The molecule has 0 aliphatic carbocycles. The molecule has 6 heteroatoms. The maximum Gasteiger partial charge on any atom is 0.320 e. The van der Waals surface area contributed by atoms with Crippen LogP contribution < -0.4 is 5.73 Å². The SMILES string of the molecule is CN(C)C(=O)N(C)[C@H](C(N)=O)c1cccc(F)c1. The Morgan fingerprint density at radius 2 is 1.89 bits per heavy atom. The monoisotopic (exact) mass is 253 g/mol. The van der Waals surface area contributed by atoms with Gasteiger partial charge in [0.2, 0.25) is 5.91 Å². The van der Waals surface area contributed by atoms with Crippen molar-refractivity contribution < 1.29 is 14.0 Å². The quantitative estimate of drug-likeness (QED) is 0.872. The van der Waals surface area contributed by atoms with Crippen molar-refractivity contribution in [3.05, 3.63) is 35.6 Å². The van der Waals surface area contributed by atoms with Crippen LogP contribution in [0.5, 0.6) is 0 Å². The molecule has 0 aliphatic heterocycles. The third-order valence-corrected chi connectivity index (χ3v) is 2.51. The average Bonchev–Trinajstić information content (AvgIpc) is 2.27. The predicted octanol–water partition coefficient (Wildman–Crippen LogP) is 0.965. The van der Waals surface area contributed by atoms with E-state index in [4.69, 9.17) is 5.73 Å². The van der Waals surface area contributed by atoms with Crippen molar-refractivity contribution in [1.82, 2.24) is 9.80 Å². The number of hydrogen-bond donors (Lipinski definition) is 1. The fraction of sp³-hybridized carbons (Fsp3) is 0.333. The molecule has 1 rings (SSSR count). The zero-order valence-electron chi connectivity index (χ0n) is 10.6. The summed E-state index contributed by atoms with van der Waals surface area (Å²) in [6.07, 6.45) is 0. The van der Waals surface area contributed by atoms with Crippen LogP contribution in [0, 0.1) is 5.82 Å². The normalized spacial score (nSPS) is 11.8. The number of nitrogens with two attached hydrogens (primary N) is 1. The Morgan fingerprint density at radius 3 is 2.33 bits per heavy atom. The molecule has 0 fully saturated rings. The molecule has 1 aromatic rings. The molecule has 18 heavy (non-hydrogen) atoms. The molecule has 0 unspecified atom stereocenters. The maximum atomic E-state index is 13.1. The van der Waals surface area contributed by atoms with E-state index in [9.17, 15) is 14.0 Å². The van der Waals surface area contributed by atoms with E-state index in [2.05, 4.69) is 0 Å². The fourth-order valence-electron chi connectivity index (χ4n) is 1.68. The Labute approximate surface area is 105 Å². The molecule has 0 aromatic heterocycles. The summed E-state index contributed by atoms with van der Waals surface area (Å²) in [7, 11) is 4.56. The summed E-state index contributed by atoms with van der Waals surface area (Å²) in [5.74, 6) is -1.19. The number of benzene rings is 1. The standard InChI is InChI=1S/C12H16FN3O2/c1-15(2)12(18)16(3)10(11(14)17)8-5-4-6-9(13)7-8/h4-7,10H,1-3H3,(H2,14,17)/t10-/m0/s1. The molecule has 1 aromatic carbocycles. The summed E-state index contributed by atoms with van der Waals surface area (Å²) in [6, 6.07) is 4.09. The zero-order chi connectivity index (χ0) is 13.9. The summed E-state index contributed by atoms with van der Waals surface area (Å²) in [5.41, 5.74) is 5.63. The van der Waals surface area contributed by atoms with Gasteiger partial charge in [-0.15, -0.1) is 0 Å². The van der Waals surface area contributed by atoms with Gasteiger partial charge in [0.1, 0.15) is 11.9 Å². The minimum Gasteiger partial charge on any atom is -0.368 e. The summed E-state index contributed by atoms with van der Waals surface area (Å²) in [6.45, 7) is 0. The molecular formula is C12H16FN3O2. The first-order valence-electron chi connectivity index (χ1n) is 5.33. The summed E-state index contributed by atoms with van der Waals surface area (Å²) >= 11 is 0. The first-order chi connectivity index (χ1) is 8.34. The van der Waals surface area contributed by atoms with E-state index >= 15 is 0 Å². The smallest absolute Gasteiger partial charge is 0.320 e. The average molecular weight is 253 g/mol. The number of likely N-dealkylation sites (N-methyl/N-ethyl adjacent to an activating group) is 1. The molecule has 0 radical (unpaired) electrons. The van der Waals surface area contributed by atoms with E-state index in [0.717, 1.165) is 0 Å². The van der Waals surface area contributed by atoms with Crippen LogP contribution in [0.3, 0.4) is 0 Å². The second-order valence-corrected chi connectivity index (χ2v) is 4.15. The number of urea groups is 1. The van der Waals surface area contributed by atoms with Gasteiger partial charge >= 0.3 is 6.03 Å². The van der Waals surface area contributed by atoms with Crippen molar-refractivity contribution in [3.63, 3.8) is 0 Å². The van der Waals surface area contributed by atoms with Gasteiger partial charge in [-0.2, -0.15) is 0 Å². The number of primary amides is 1. The molecule has 0 bridgehead atoms. The molecule has 2 N–H and O–H groups in total. The summed E-state index contributed by atoms with van der Waals surface area (Å²) in [4.78, 5) is 25.8. The van der Waals surface area contributed by atoms with Crippen molar-refractivity contribution in [2.24, 2.45) is 5.73 Å². The number of hydrogen-bond acceptors (Lipinski definition) is 2. The molecule has 1 atom stereocenters. The zero-order valence-corrected chi connectivity index (χ0v) is 10.6. The molecule has 5 nitrogen and oxygen atoms in total. The number of carbonyl (C=O) groups is 2. The van der Waals surface area contributed by atoms with Gasteiger partial charge in [0, 0.05) is 21.1 Å². The van der Waals surface area contributed by atoms with E-state index in [0.29, 0.717) is 5.56 Å². The number of rotatable bonds is 3. The first kappa shape index (κ1) is 14.0. The maximum absolute atomic E-state index is 13.1. The fourth-order valence-corrected chi connectivity index (χ4v) is 1.68. The molecule has 0 heterocycles. The van der Waals surface area contributed by atoms with Crippen LogP contribution >= 0.6 is 0 Å². The van der Waals surface area contributed by atoms with Crippen molar-refractivity contribution >= 4 is 11.9 Å². The van der Waals surface area contributed by atoms with Gasteiger partial charge < -0.3 is 15.5 Å². The van der Waals surface area contributed by atoms with Crippen molar-refractivity contribution in [3.8, 4) is 0 Å². The van der Waals surface area contributed by atoms with Gasteiger partial charge in [0.05, 0.1) is 0 Å². The number of amides is 3. The lowest BCUT2D eigenvalue weighted by Crippen LogP contribution is -2.43. The minimum absolute atomic E-state index is 0.347. The van der Waals surface area contributed by atoms with Gasteiger partial charge in [-0.1, -0.05) is 12.1 Å². The van der Waals surface area contributed by atoms with Crippen molar-refractivity contribution in [2.45, 2.75) is 6.04 Å². The Morgan fingerprint density at radius 1 is 1.28 bits per heavy atom. The van der Waals surface area contributed by atoms with E-state index in [1.807, 2.05) is 0 Å². The lowest BCUT2D eigenvalue weighted by molar-refractivity contribution is -0.122. The highest BCUT2D eigenvalue weighted by atomic mass is 19.1. The second kappa shape index (κ2) is 5.48. The molecular weight excluding hydrogens is 237 g/mol. The first-order valence-corrected chi connectivity index (χ1v) is 5.33. The largest absolute Gasteiger partial charge is 0.368 e. The third kappa shape index (κ3) is 2.97. The van der Waals surface area contributed by atoms with Crippen LogP contribution in [0.25, 0.3) is 0 Å². The minimum atomic E-state index is -0.990. The van der Waals surface area contributed by atoms with Gasteiger partial charge in [0.15, 0.2) is 0 Å². The lowest BCUT2D eigenvalue weighted by Gasteiger charge is -2.28. The lowest BCUT2D eigenvalue weighted by atomic mass is 10.1. The third-order valence-electron chi connectivity index (χ3n) is 2.51. The Hall–Kier alpha value is -2.11. The van der Waals surface area contributed by atoms with E-state index in [1.165, 1.54) is 35.0 Å². The highest BCUT2D eigenvalue weighted by Gasteiger charge is 2.27. The molecule has 0 saturated carbocycles. The van der Waals surface area contributed by atoms with Gasteiger partial charge in [-0.3, -0.25) is 4.79 Å². The van der Waals surface area contributed by atoms with Crippen molar-refractivity contribution in [1.29, 1.82) is 0 Å². The number of halogens is 1. The highest BCUT2D eigenvalue weighted by Crippen LogP contribution is 2.20. The topological polar surface area (TPSA) is 66.6 Å². The van der Waals surface area contributed by atoms with Crippen LogP contribution in [-0.4, -0.2) is 42.9 Å². The summed E-state index contributed by atoms with van der Waals surface area (Å²) < 4.78 is 13.1. The molecule has 98 valence electrons. The Bertz CT molecular complexity index is 462. The van der Waals surface area contributed by atoms with Crippen LogP contribution in [0.15, 0.2) is 24.3 Å². The molecule has 0 saturated heterocycles. The number of carbonyl (C=O) groups excluding carboxylic acids is 2. The second-order valence-electron chi connectivity index (χ2n) is 4.15. The van der Waals surface area contributed by atoms with Crippen LogP contribution in [-0.2, 0) is 4.79 Å². The molecule has 0 spiro atoms. The van der Waals surface area contributed by atoms with E-state index in [1.54, 1.807) is 20.2 Å². The van der Waals surface area contributed by atoms with Gasteiger partial charge in [-0.05, 0) is 17.7 Å². The van der Waals surface area contributed by atoms with E-state index in [-0.39, 0.29) is 6.03 Å². The van der Waals surface area contributed by atoms with Crippen LogP contribution in [0.4, 0.5) is 9.18 Å². The van der Waals surface area contributed by atoms with Gasteiger partial charge in [-0.25, -0.2) is 9.18 Å². The Balaban J connectivity index is 3.11.